The van der Waals surface area contributed by atoms with E-state index in [1.54, 1.807) is 0 Å². The molecule has 1 atom stereocenters. The third kappa shape index (κ3) is 3.40. The molecule has 0 amide bonds. The van der Waals surface area contributed by atoms with Gasteiger partial charge in [-0.1, -0.05) is 0 Å². The zero-order valence-electron chi connectivity index (χ0n) is 13.2. The maximum absolute atomic E-state index is 13.8. The number of halogens is 1. The number of aromatic nitrogens is 1. The average Bonchev–Trinajstić information content (AvgIpc) is 2.55. The smallest absolute Gasteiger partial charge is 0.247 e. The van der Waals surface area contributed by atoms with Gasteiger partial charge in [0.25, 0.3) is 0 Å². The minimum Gasteiger partial charge on any atom is -0.381 e. The minimum absolute atomic E-state index is 0.198. The van der Waals surface area contributed by atoms with Crippen LogP contribution in [0.4, 0.5) is 4.39 Å². The van der Waals surface area contributed by atoms with Gasteiger partial charge in [-0.05, 0) is 31.9 Å². The van der Waals surface area contributed by atoms with Crippen LogP contribution in [-0.4, -0.2) is 67.5 Å². The highest BCUT2D eigenvalue weighted by molar-refractivity contribution is 7.89. The fourth-order valence-corrected chi connectivity index (χ4v) is 5.03. The standard InChI is InChI=1S/C15H22FN3O3S/c1-12-11-18(13-4-9-22-10-5-13)7-8-19(12)23(20,21)14-3-2-6-17-15(14)16/h2-3,6,12-13H,4-5,7-11H2,1H3/t12-/m0/s1. The van der Waals surface area contributed by atoms with Gasteiger partial charge in [-0.3, -0.25) is 4.90 Å². The van der Waals surface area contributed by atoms with Gasteiger partial charge in [0, 0.05) is 51.1 Å². The third-order valence-electron chi connectivity index (χ3n) is 4.62. The van der Waals surface area contributed by atoms with Crippen LogP contribution in [0.2, 0.25) is 0 Å². The normalized spacial score (nSPS) is 25.6. The van der Waals surface area contributed by atoms with Crippen LogP contribution < -0.4 is 0 Å². The number of hydrogen-bond acceptors (Lipinski definition) is 5. The average molecular weight is 343 g/mol. The number of ether oxygens (including phenoxy) is 1. The second-order valence-corrected chi connectivity index (χ2v) is 7.95. The van der Waals surface area contributed by atoms with E-state index in [-0.39, 0.29) is 10.9 Å². The number of rotatable bonds is 3. The van der Waals surface area contributed by atoms with Crippen molar-refractivity contribution in [3.05, 3.63) is 24.3 Å². The van der Waals surface area contributed by atoms with Crippen LogP contribution in [-0.2, 0) is 14.8 Å². The second kappa shape index (κ2) is 6.80. The Morgan fingerprint density at radius 3 is 2.70 bits per heavy atom. The first-order chi connectivity index (χ1) is 11.0. The lowest BCUT2D eigenvalue weighted by Gasteiger charge is -2.43. The Morgan fingerprint density at radius 2 is 2.04 bits per heavy atom. The molecule has 0 bridgehead atoms. The summed E-state index contributed by atoms with van der Waals surface area (Å²) in [6, 6.07) is 2.97. The van der Waals surface area contributed by atoms with Crippen molar-refractivity contribution in [3.8, 4) is 0 Å². The molecule has 0 aromatic carbocycles. The third-order valence-corrected chi connectivity index (χ3v) is 6.64. The second-order valence-electron chi connectivity index (χ2n) is 6.10. The maximum atomic E-state index is 13.8. The molecule has 3 rings (SSSR count). The number of pyridine rings is 1. The van der Waals surface area contributed by atoms with E-state index in [1.165, 1.54) is 22.6 Å². The van der Waals surface area contributed by atoms with E-state index in [9.17, 15) is 12.8 Å². The van der Waals surface area contributed by atoms with Gasteiger partial charge in [0.05, 0.1) is 0 Å². The summed E-state index contributed by atoms with van der Waals surface area (Å²) < 4.78 is 46.0. The number of nitrogens with zero attached hydrogens (tertiary/aromatic N) is 3. The van der Waals surface area contributed by atoms with Crippen LogP contribution in [0.3, 0.4) is 0 Å². The summed E-state index contributed by atoms with van der Waals surface area (Å²) in [5.74, 6) is -0.938. The molecular formula is C15H22FN3O3S. The molecule has 0 saturated carbocycles. The molecule has 128 valence electrons. The molecule has 0 unspecified atom stereocenters. The summed E-state index contributed by atoms with van der Waals surface area (Å²) >= 11 is 0. The fraction of sp³-hybridized carbons (Fsp3) is 0.667. The van der Waals surface area contributed by atoms with E-state index in [2.05, 4.69) is 9.88 Å². The maximum Gasteiger partial charge on any atom is 0.247 e. The molecule has 23 heavy (non-hydrogen) atoms. The van der Waals surface area contributed by atoms with Crippen molar-refractivity contribution < 1.29 is 17.5 Å². The molecule has 8 heteroatoms. The Bertz CT molecular complexity index is 649. The molecule has 0 N–H and O–H groups in total. The number of hydrogen-bond donors (Lipinski definition) is 0. The van der Waals surface area contributed by atoms with E-state index >= 15 is 0 Å². The topological polar surface area (TPSA) is 62.7 Å². The highest BCUT2D eigenvalue weighted by Gasteiger charge is 2.37. The Hall–Kier alpha value is -1.09. The van der Waals surface area contributed by atoms with E-state index in [1.807, 2.05) is 6.92 Å². The van der Waals surface area contributed by atoms with Crippen molar-refractivity contribution in [3.63, 3.8) is 0 Å². The van der Waals surface area contributed by atoms with Gasteiger partial charge in [0.15, 0.2) is 0 Å². The van der Waals surface area contributed by atoms with E-state index in [4.69, 9.17) is 4.74 Å². The van der Waals surface area contributed by atoms with Gasteiger partial charge in [0.1, 0.15) is 4.90 Å². The molecule has 0 spiro atoms. The first-order valence-electron chi connectivity index (χ1n) is 7.94. The zero-order chi connectivity index (χ0) is 16.4. The lowest BCUT2D eigenvalue weighted by molar-refractivity contribution is 0.0137. The molecule has 2 fully saturated rings. The molecule has 1 aromatic rings. The van der Waals surface area contributed by atoms with Crippen LogP contribution in [0, 0.1) is 5.95 Å². The summed E-state index contributed by atoms with van der Waals surface area (Å²) in [5, 5.41) is 0. The Labute approximate surface area is 136 Å². The first-order valence-corrected chi connectivity index (χ1v) is 9.38. The van der Waals surface area contributed by atoms with Crippen molar-refractivity contribution in [1.82, 2.24) is 14.2 Å². The molecule has 2 aliphatic heterocycles. The molecular weight excluding hydrogens is 321 g/mol. The lowest BCUT2D eigenvalue weighted by atomic mass is 10.1. The number of sulfonamides is 1. The zero-order valence-corrected chi connectivity index (χ0v) is 14.0. The van der Waals surface area contributed by atoms with E-state index in [0.717, 1.165) is 26.1 Å². The van der Waals surface area contributed by atoms with Crippen molar-refractivity contribution in [2.75, 3.05) is 32.8 Å². The van der Waals surface area contributed by atoms with Gasteiger partial charge in [-0.2, -0.15) is 8.70 Å². The van der Waals surface area contributed by atoms with Gasteiger partial charge < -0.3 is 4.74 Å². The quantitative estimate of drug-likeness (QED) is 0.769. The Morgan fingerprint density at radius 1 is 1.30 bits per heavy atom. The van der Waals surface area contributed by atoms with Crippen molar-refractivity contribution in [1.29, 1.82) is 0 Å². The number of piperazine rings is 1. The van der Waals surface area contributed by atoms with E-state index < -0.39 is 16.0 Å². The molecule has 0 radical (unpaired) electrons. The highest BCUT2D eigenvalue weighted by Crippen LogP contribution is 2.25. The molecule has 0 aliphatic carbocycles. The minimum atomic E-state index is -3.85. The fourth-order valence-electron chi connectivity index (χ4n) is 3.40. The predicted octanol–water partition coefficient (Wildman–Crippen LogP) is 1.09. The monoisotopic (exact) mass is 343 g/mol. The summed E-state index contributed by atoms with van der Waals surface area (Å²) in [5.41, 5.74) is 0. The van der Waals surface area contributed by atoms with Gasteiger partial charge in [-0.25, -0.2) is 13.4 Å². The summed E-state index contributed by atoms with van der Waals surface area (Å²) in [6.07, 6.45) is 3.22. The van der Waals surface area contributed by atoms with Crippen LogP contribution in [0.1, 0.15) is 19.8 Å². The van der Waals surface area contributed by atoms with Crippen LogP contribution in [0.5, 0.6) is 0 Å². The molecule has 6 nitrogen and oxygen atoms in total. The van der Waals surface area contributed by atoms with Gasteiger partial charge >= 0.3 is 0 Å². The van der Waals surface area contributed by atoms with Crippen molar-refractivity contribution >= 4 is 10.0 Å². The lowest BCUT2D eigenvalue weighted by Crippen LogP contribution is -2.57. The van der Waals surface area contributed by atoms with Crippen LogP contribution in [0.25, 0.3) is 0 Å². The largest absolute Gasteiger partial charge is 0.381 e. The summed E-state index contributed by atoms with van der Waals surface area (Å²) in [4.78, 5) is 5.45. The van der Waals surface area contributed by atoms with Gasteiger partial charge in [0.2, 0.25) is 16.0 Å². The molecule has 2 aliphatic rings. The predicted molar refractivity (Wildman–Crippen MR) is 83.0 cm³/mol. The highest BCUT2D eigenvalue weighted by atomic mass is 32.2. The van der Waals surface area contributed by atoms with E-state index in [0.29, 0.717) is 25.7 Å². The summed E-state index contributed by atoms with van der Waals surface area (Å²) in [6.45, 7) is 5.09. The summed E-state index contributed by atoms with van der Waals surface area (Å²) in [7, 11) is -3.85. The SMILES string of the molecule is C[C@H]1CN(C2CCOCC2)CCN1S(=O)(=O)c1cccnc1F. The Balaban J connectivity index is 1.74. The molecule has 2 saturated heterocycles. The van der Waals surface area contributed by atoms with Crippen molar-refractivity contribution in [2.45, 2.75) is 36.7 Å². The Kier molecular flexibility index (Phi) is 4.96. The van der Waals surface area contributed by atoms with Crippen LogP contribution in [0.15, 0.2) is 23.2 Å². The first kappa shape index (κ1) is 16.8. The molecule has 1 aromatic heterocycles. The van der Waals surface area contributed by atoms with Crippen molar-refractivity contribution in [2.24, 2.45) is 0 Å². The van der Waals surface area contributed by atoms with Crippen LogP contribution >= 0.6 is 0 Å². The molecule has 3 heterocycles. The van der Waals surface area contributed by atoms with Gasteiger partial charge in [-0.15, -0.1) is 0 Å².